The number of rotatable bonds is 4. The van der Waals surface area contributed by atoms with Crippen molar-refractivity contribution in [3.63, 3.8) is 0 Å². The van der Waals surface area contributed by atoms with Crippen LogP contribution in [0.15, 0.2) is 18.2 Å². The zero-order chi connectivity index (χ0) is 10.9. The first-order valence-electron chi connectivity index (χ1n) is 5.51. The molecule has 1 saturated carbocycles. The summed E-state index contributed by atoms with van der Waals surface area (Å²) in [4.78, 5) is 0. The average Bonchev–Trinajstić information content (AvgIpc) is 2.95. The maximum atomic E-state index is 5.24. The van der Waals surface area contributed by atoms with Crippen LogP contribution in [-0.4, -0.2) is 12.6 Å². The number of nitrogens with one attached hydrogen (secondary N) is 1. The van der Waals surface area contributed by atoms with Crippen molar-refractivity contribution in [3.8, 4) is 5.75 Å². The van der Waals surface area contributed by atoms with Crippen molar-refractivity contribution < 1.29 is 4.74 Å². The number of benzene rings is 1. The lowest BCUT2D eigenvalue weighted by Gasteiger charge is -2.12. The largest absolute Gasteiger partial charge is 0.496 e. The lowest BCUT2D eigenvalue weighted by molar-refractivity contribution is 0.411. The van der Waals surface area contributed by atoms with E-state index in [1.807, 2.05) is 6.07 Å². The molecule has 0 unspecified atom stereocenters. The fourth-order valence-corrected chi connectivity index (χ4v) is 1.73. The quantitative estimate of drug-likeness (QED) is 0.816. The van der Waals surface area contributed by atoms with Gasteiger partial charge in [0.1, 0.15) is 5.75 Å². The number of hydrogen-bond donors (Lipinski definition) is 1. The highest BCUT2D eigenvalue weighted by Crippen LogP contribution is 2.34. The molecular weight excluding hydrogens is 186 g/mol. The van der Waals surface area contributed by atoms with Crippen molar-refractivity contribution in [1.82, 2.24) is 5.32 Å². The molecule has 0 radical (unpaired) electrons. The molecule has 0 aliphatic heterocycles. The Bertz CT molecular complexity index is 356. The molecule has 1 aromatic carbocycles. The summed E-state index contributed by atoms with van der Waals surface area (Å²) >= 11 is 0. The van der Waals surface area contributed by atoms with Crippen LogP contribution in [0, 0.1) is 6.92 Å². The van der Waals surface area contributed by atoms with Crippen LogP contribution in [0.25, 0.3) is 0 Å². The van der Waals surface area contributed by atoms with Gasteiger partial charge in [0.05, 0.1) is 7.11 Å². The third kappa shape index (κ3) is 2.51. The van der Waals surface area contributed by atoms with Crippen LogP contribution in [0.3, 0.4) is 0 Å². The molecule has 0 saturated heterocycles. The van der Waals surface area contributed by atoms with Gasteiger partial charge < -0.3 is 10.1 Å². The number of ether oxygens (including phenoxy) is 1. The molecular formula is C13H19NO. The normalized spacial score (nSPS) is 17.5. The zero-order valence-corrected chi connectivity index (χ0v) is 9.76. The summed E-state index contributed by atoms with van der Waals surface area (Å²) in [5.41, 5.74) is 2.95. The Morgan fingerprint density at radius 1 is 1.40 bits per heavy atom. The molecule has 15 heavy (non-hydrogen) atoms. The van der Waals surface area contributed by atoms with Gasteiger partial charge in [0.2, 0.25) is 0 Å². The predicted octanol–water partition coefficient (Wildman–Crippen LogP) is 2.65. The van der Waals surface area contributed by atoms with Gasteiger partial charge in [-0.15, -0.1) is 0 Å². The van der Waals surface area contributed by atoms with Crippen molar-refractivity contribution >= 4 is 0 Å². The van der Waals surface area contributed by atoms with Crippen molar-refractivity contribution in [2.45, 2.75) is 38.8 Å². The molecule has 82 valence electrons. The molecule has 0 bridgehead atoms. The van der Waals surface area contributed by atoms with Gasteiger partial charge in [-0.2, -0.15) is 0 Å². The molecule has 0 spiro atoms. The lowest BCUT2D eigenvalue weighted by atomic mass is 10.1. The Morgan fingerprint density at radius 2 is 2.13 bits per heavy atom. The zero-order valence-electron chi connectivity index (χ0n) is 9.76. The molecule has 2 heteroatoms. The molecule has 0 aromatic heterocycles. The van der Waals surface area contributed by atoms with E-state index < -0.39 is 0 Å². The molecule has 0 atom stereocenters. The van der Waals surface area contributed by atoms with Gasteiger partial charge in [0, 0.05) is 12.1 Å². The smallest absolute Gasteiger partial charge is 0.121 e. The molecule has 2 rings (SSSR count). The SMILES string of the molecule is COc1ccc(CNC2(C)CC2)cc1C. The van der Waals surface area contributed by atoms with Crippen LogP contribution in [0.4, 0.5) is 0 Å². The van der Waals surface area contributed by atoms with E-state index in [0.29, 0.717) is 5.54 Å². The van der Waals surface area contributed by atoms with E-state index in [1.54, 1.807) is 7.11 Å². The summed E-state index contributed by atoms with van der Waals surface area (Å²) in [7, 11) is 1.71. The topological polar surface area (TPSA) is 21.3 Å². The van der Waals surface area contributed by atoms with E-state index in [-0.39, 0.29) is 0 Å². The van der Waals surface area contributed by atoms with E-state index in [2.05, 4.69) is 31.3 Å². The van der Waals surface area contributed by atoms with Gasteiger partial charge in [-0.25, -0.2) is 0 Å². The van der Waals surface area contributed by atoms with E-state index >= 15 is 0 Å². The fraction of sp³-hybridized carbons (Fsp3) is 0.538. The summed E-state index contributed by atoms with van der Waals surface area (Å²) in [6.07, 6.45) is 2.62. The Labute approximate surface area is 91.6 Å². The van der Waals surface area contributed by atoms with Gasteiger partial charge in [-0.3, -0.25) is 0 Å². The van der Waals surface area contributed by atoms with Crippen LogP contribution in [0.2, 0.25) is 0 Å². The third-order valence-corrected chi connectivity index (χ3v) is 3.18. The van der Waals surface area contributed by atoms with E-state index in [1.165, 1.54) is 24.0 Å². The van der Waals surface area contributed by atoms with E-state index in [0.717, 1.165) is 12.3 Å². The minimum atomic E-state index is 0.411. The highest BCUT2D eigenvalue weighted by Gasteiger charge is 2.36. The molecule has 1 aliphatic rings. The van der Waals surface area contributed by atoms with Gasteiger partial charge in [-0.05, 0) is 43.9 Å². The highest BCUT2D eigenvalue weighted by atomic mass is 16.5. The second kappa shape index (κ2) is 3.86. The first-order chi connectivity index (χ1) is 7.13. The fourth-order valence-electron chi connectivity index (χ4n) is 1.73. The monoisotopic (exact) mass is 205 g/mol. The van der Waals surface area contributed by atoms with Crippen LogP contribution in [-0.2, 0) is 6.54 Å². The minimum absolute atomic E-state index is 0.411. The van der Waals surface area contributed by atoms with Crippen molar-refractivity contribution in [2.75, 3.05) is 7.11 Å². The van der Waals surface area contributed by atoms with Gasteiger partial charge in [0.15, 0.2) is 0 Å². The van der Waals surface area contributed by atoms with Crippen LogP contribution in [0.5, 0.6) is 5.75 Å². The molecule has 2 nitrogen and oxygen atoms in total. The Balaban J connectivity index is 1.99. The second-order valence-corrected chi connectivity index (χ2v) is 4.72. The van der Waals surface area contributed by atoms with Crippen molar-refractivity contribution in [2.24, 2.45) is 0 Å². The molecule has 1 aliphatic carbocycles. The first kappa shape index (κ1) is 10.5. The Hall–Kier alpha value is -1.02. The number of methoxy groups -OCH3 is 1. The summed E-state index contributed by atoms with van der Waals surface area (Å²) < 4.78 is 5.24. The number of aryl methyl sites for hydroxylation is 1. The van der Waals surface area contributed by atoms with E-state index in [9.17, 15) is 0 Å². The molecule has 1 aromatic rings. The van der Waals surface area contributed by atoms with Crippen molar-refractivity contribution in [1.29, 1.82) is 0 Å². The maximum absolute atomic E-state index is 5.24. The minimum Gasteiger partial charge on any atom is -0.496 e. The average molecular weight is 205 g/mol. The highest BCUT2D eigenvalue weighted by molar-refractivity contribution is 5.36. The van der Waals surface area contributed by atoms with Gasteiger partial charge >= 0.3 is 0 Å². The summed E-state index contributed by atoms with van der Waals surface area (Å²) in [5, 5.41) is 3.57. The maximum Gasteiger partial charge on any atom is 0.121 e. The van der Waals surface area contributed by atoms with Gasteiger partial charge in [-0.1, -0.05) is 12.1 Å². The van der Waals surface area contributed by atoms with E-state index in [4.69, 9.17) is 4.74 Å². The summed E-state index contributed by atoms with van der Waals surface area (Å²) in [6.45, 7) is 5.33. The Kier molecular flexibility index (Phi) is 2.70. The predicted molar refractivity (Wildman–Crippen MR) is 62.2 cm³/mol. The second-order valence-electron chi connectivity index (χ2n) is 4.72. The van der Waals surface area contributed by atoms with Crippen molar-refractivity contribution in [3.05, 3.63) is 29.3 Å². The summed E-state index contributed by atoms with van der Waals surface area (Å²) in [5.74, 6) is 0.969. The van der Waals surface area contributed by atoms with Crippen LogP contribution < -0.4 is 10.1 Å². The standard InChI is InChI=1S/C13H19NO/c1-10-8-11(4-5-12(10)15-3)9-14-13(2)6-7-13/h4-5,8,14H,6-7,9H2,1-3H3. The number of hydrogen-bond acceptors (Lipinski definition) is 2. The van der Waals surface area contributed by atoms with Crippen LogP contribution >= 0.6 is 0 Å². The summed E-state index contributed by atoms with van der Waals surface area (Å²) in [6, 6.07) is 6.36. The molecule has 0 amide bonds. The molecule has 0 heterocycles. The molecule has 1 N–H and O–H groups in total. The third-order valence-electron chi connectivity index (χ3n) is 3.18. The van der Waals surface area contributed by atoms with Crippen LogP contribution in [0.1, 0.15) is 30.9 Å². The Morgan fingerprint density at radius 3 is 2.67 bits per heavy atom. The lowest BCUT2D eigenvalue weighted by Crippen LogP contribution is -2.26. The molecule has 1 fully saturated rings. The first-order valence-corrected chi connectivity index (χ1v) is 5.51. The van der Waals surface area contributed by atoms with Gasteiger partial charge in [0.25, 0.3) is 0 Å².